The molecule has 0 aliphatic carbocycles. The third kappa shape index (κ3) is 2.18. The van der Waals surface area contributed by atoms with Gasteiger partial charge in [0, 0.05) is 52.2 Å². The van der Waals surface area contributed by atoms with Crippen LogP contribution in [0.2, 0.25) is 0 Å². The monoisotopic (exact) mass is 386 g/mol. The van der Waals surface area contributed by atoms with Gasteiger partial charge in [-0.15, -0.1) is 0 Å². The van der Waals surface area contributed by atoms with Crippen molar-refractivity contribution in [3.63, 3.8) is 0 Å². The first kappa shape index (κ1) is 16.8. The third-order valence-electron chi connectivity index (χ3n) is 6.18. The van der Waals surface area contributed by atoms with Gasteiger partial charge in [0.25, 0.3) is 0 Å². The predicted molar refractivity (Wildman–Crippen MR) is 122 cm³/mol. The summed E-state index contributed by atoms with van der Waals surface area (Å²) in [6, 6.07) is 27.3. The summed E-state index contributed by atoms with van der Waals surface area (Å²) < 4.78 is 4.33. The van der Waals surface area contributed by atoms with Crippen LogP contribution in [0.15, 0.2) is 72.8 Å². The summed E-state index contributed by atoms with van der Waals surface area (Å²) in [5.41, 5.74) is 7.14. The lowest BCUT2D eigenvalue weighted by atomic mass is 10.0. The molecular formula is C26H18N4. The molecule has 3 heterocycles. The van der Waals surface area contributed by atoms with E-state index in [4.69, 9.17) is 4.98 Å². The molecule has 6 aromatic rings. The SMILES string of the molecule is Cn1c2ccc(C#N)cc2c2cc(-c3ccc4c5ccccc5n(C)c4n3)ccc21. The predicted octanol–water partition coefficient (Wildman–Crippen LogP) is 5.91. The number of hydrogen-bond acceptors (Lipinski definition) is 2. The number of hydrogen-bond donors (Lipinski definition) is 0. The lowest BCUT2D eigenvalue weighted by Crippen LogP contribution is -1.91. The fourth-order valence-corrected chi connectivity index (χ4v) is 4.63. The van der Waals surface area contributed by atoms with Crippen molar-refractivity contribution in [2.24, 2.45) is 14.1 Å². The zero-order chi connectivity index (χ0) is 20.4. The van der Waals surface area contributed by atoms with Gasteiger partial charge in [-0.2, -0.15) is 5.26 Å². The molecule has 0 aliphatic heterocycles. The summed E-state index contributed by atoms with van der Waals surface area (Å²) in [5, 5.41) is 14.0. The Labute approximate surface area is 173 Å². The van der Waals surface area contributed by atoms with Crippen molar-refractivity contribution in [3.8, 4) is 17.3 Å². The van der Waals surface area contributed by atoms with E-state index >= 15 is 0 Å². The highest BCUT2D eigenvalue weighted by atomic mass is 15.0. The highest BCUT2D eigenvalue weighted by Gasteiger charge is 2.13. The van der Waals surface area contributed by atoms with E-state index in [0.717, 1.165) is 38.7 Å². The fraction of sp³-hybridized carbons (Fsp3) is 0.0769. The Balaban J connectivity index is 1.61. The zero-order valence-electron chi connectivity index (χ0n) is 16.7. The second-order valence-electron chi connectivity index (χ2n) is 7.78. The molecule has 142 valence electrons. The number of para-hydroxylation sites is 1. The van der Waals surface area contributed by atoms with Gasteiger partial charge in [0.15, 0.2) is 0 Å². The third-order valence-corrected chi connectivity index (χ3v) is 6.18. The average molecular weight is 386 g/mol. The van der Waals surface area contributed by atoms with Crippen molar-refractivity contribution in [3.05, 3.63) is 78.4 Å². The number of pyridine rings is 1. The van der Waals surface area contributed by atoms with E-state index in [1.165, 1.54) is 16.3 Å². The first-order valence-corrected chi connectivity index (χ1v) is 9.92. The van der Waals surface area contributed by atoms with Gasteiger partial charge < -0.3 is 9.13 Å². The van der Waals surface area contributed by atoms with Crippen molar-refractivity contribution in [1.82, 2.24) is 14.1 Å². The Morgan fingerprint density at radius 3 is 2.27 bits per heavy atom. The fourth-order valence-electron chi connectivity index (χ4n) is 4.63. The van der Waals surface area contributed by atoms with E-state index in [9.17, 15) is 5.26 Å². The van der Waals surface area contributed by atoms with Gasteiger partial charge in [0.2, 0.25) is 0 Å². The number of aromatic nitrogens is 3. The van der Waals surface area contributed by atoms with Crippen LogP contribution in [0.25, 0.3) is 55.0 Å². The first-order chi connectivity index (χ1) is 14.7. The number of rotatable bonds is 1. The van der Waals surface area contributed by atoms with Crippen molar-refractivity contribution in [1.29, 1.82) is 5.26 Å². The van der Waals surface area contributed by atoms with Crippen LogP contribution in [0.3, 0.4) is 0 Å². The molecular weight excluding hydrogens is 368 g/mol. The van der Waals surface area contributed by atoms with Crippen molar-refractivity contribution in [2.75, 3.05) is 0 Å². The molecule has 0 bridgehead atoms. The minimum atomic E-state index is 0.676. The molecule has 6 rings (SSSR count). The number of aryl methyl sites for hydroxylation is 2. The Hall–Kier alpha value is -4.10. The second-order valence-corrected chi connectivity index (χ2v) is 7.78. The van der Waals surface area contributed by atoms with Crippen molar-refractivity contribution >= 4 is 43.7 Å². The topological polar surface area (TPSA) is 46.5 Å². The molecule has 3 aromatic heterocycles. The maximum absolute atomic E-state index is 9.33. The number of nitrogens with zero attached hydrogens (tertiary/aromatic N) is 4. The maximum Gasteiger partial charge on any atom is 0.141 e. The van der Waals surface area contributed by atoms with Crippen LogP contribution < -0.4 is 0 Å². The first-order valence-electron chi connectivity index (χ1n) is 9.92. The van der Waals surface area contributed by atoms with Gasteiger partial charge in [-0.25, -0.2) is 4.98 Å². The molecule has 0 amide bonds. The number of fused-ring (bicyclic) bond motifs is 6. The minimum Gasteiger partial charge on any atom is -0.344 e. The molecule has 0 aliphatic rings. The lowest BCUT2D eigenvalue weighted by Gasteiger charge is -2.04. The minimum absolute atomic E-state index is 0.676. The van der Waals surface area contributed by atoms with Crippen molar-refractivity contribution in [2.45, 2.75) is 0 Å². The molecule has 0 unspecified atom stereocenters. The van der Waals surface area contributed by atoms with Crippen LogP contribution >= 0.6 is 0 Å². The summed E-state index contributed by atoms with van der Waals surface area (Å²) >= 11 is 0. The summed E-state index contributed by atoms with van der Waals surface area (Å²) in [7, 11) is 4.13. The molecule has 0 N–H and O–H groups in total. The summed E-state index contributed by atoms with van der Waals surface area (Å²) in [6.07, 6.45) is 0. The van der Waals surface area contributed by atoms with E-state index in [-0.39, 0.29) is 0 Å². The average Bonchev–Trinajstić information content (AvgIpc) is 3.25. The van der Waals surface area contributed by atoms with E-state index < -0.39 is 0 Å². The van der Waals surface area contributed by atoms with Crippen LogP contribution in [-0.2, 0) is 14.1 Å². The van der Waals surface area contributed by atoms with Gasteiger partial charge in [-0.05, 0) is 48.5 Å². The normalized spacial score (nSPS) is 11.6. The quantitative estimate of drug-likeness (QED) is 0.353. The van der Waals surface area contributed by atoms with Gasteiger partial charge in [-0.1, -0.05) is 24.3 Å². The van der Waals surface area contributed by atoms with Gasteiger partial charge in [-0.3, -0.25) is 0 Å². The molecule has 4 nitrogen and oxygen atoms in total. The lowest BCUT2D eigenvalue weighted by molar-refractivity contribution is 0.990. The molecule has 0 radical (unpaired) electrons. The van der Waals surface area contributed by atoms with Gasteiger partial charge in [0.1, 0.15) is 5.65 Å². The smallest absolute Gasteiger partial charge is 0.141 e. The summed E-state index contributed by atoms with van der Waals surface area (Å²) in [4.78, 5) is 5.01. The maximum atomic E-state index is 9.33. The van der Waals surface area contributed by atoms with E-state index in [0.29, 0.717) is 5.56 Å². The number of nitriles is 1. The van der Waals surface area contributed by atoms with Gasteiger partial charge in [0.05, 0.1) is 22.8 Å². The summed E-state index contributed by atoms with van der Waals surface area (Å²) in [5.74, 6) is 0. The Morgan fingerprint density at radius 1 is 0.700 bits per heavy atom. The molecule has 0 saturated carbocycles. The Bertz CT molecular complexity index is 1670. The molecule has 0 spiro atoms. The molecule has 30 heavy (non-hydrogen) atoms. The molecule has 4 heteroatoms. The molecule has 0 atom stereocenters. The van der Waals surface area contributed by atoms with Crippen LogP contribution in [0.4, 0.5) is 0 Å². The standard InChI is InChI=1S/C26H18N4/c1-29-24-11-7-16(15-27)13-20(24)21-14-17(8-12-25(21)29)22-10-9-19-18-5-3-4-6-23(18)30(2)26(19)28-22/h3-14H,1-2H3. The Morgan fingerprint density at radius 2 is 1.43 bits per heavy atom. The largest absolute Gasteiger partial charge is 0.344 e. The van der Waals surface area contributed by atoms with Crippen LogP contribution in [0.1, 0.15) is 5.56 Å². The number of benzene rings is 3. The molecule has 0 saturated heterocycles. The molecule has 3 aromatic carbocycles. The van der Waals surface area contributed by atoms with Crippen LogP contribution in [0.5, 0.6) is 0 Å². The highest BCUT2D eigenvalue weighted by Crippen LogP contribution is 2.34. The van der Waals surface area contributed by atoms with E-state index in [1.807, 2.05) is 18.2 Å². The summed E-state index contributed by atoms with van der Waals surface area (Å²) in [6.45, 7) is 0. The molecule has 0 fully saturated rings. The zero-order valence-corrected chi connectivity index (χ0v) is 16.7. The van der Waals surface area contributed by atoms with E-state index in [1.54, 1.807) is 0 Å². The van der Waals surface area contributed by atoms with Crippen LogP contribution in [-0.4, -0.2) is 14.1 Å². The highest BCUT2D eigenvalue weighted by molar-refractivity contribution is 6.10. The second kappa shape index (κ2) is 5.95. The van der Waals surface area contributed by atoms with Crippen molar-refractivity contribution < 1.29 is 0 Å². The van der Waals surface area contributed by atoms with Crippen LogP contribution in [0, 0.1) is 11.3 Å². The van der Waals surface area contributed by atoms with Gasteiger partial charge >= 0.3 is 0 Å². The van der Waals surface area contributed by atoms with E-state index in [2.05, 4.69) is 83.9 Å². The Kier molecular flexibility index (Phi) is 3.33.